The molecule has 3 N–H and O–H groups in total. The van der Waals surface area contributed by atoms with Gasteiger partial charge in [0.25, 0.3) is 0 Å². The second-order valence-corrected chi connectivity index (χ2v) is 4.17. The number of halogens is 1. The molecule has 0 atom stereocenters. The van der Waals surface area contributed by atoms with Crippen LogP contribution in [0.15, 0.2) is 12.1 Å². The smallest absolute Gasteiger partial charge is 0.203 e. The highest BCUT2D eigenvalue weighted by Crippen LogP contribution is 2.41. The minimum atomic E-state index is -0.340. The van der Waals surface area contributed by atoms with Crippen LogP contribution in [0.25, 0.3) is 0 Å². The minimum absolute atomic E-state index is 0. The third kappa shape index (κ3) is 2.34. The highest BCUT2D eigenvalue weighted by Gasteiger charge is 2.35. The molecule has 1 aliphatic heterocycles. The van der Waals surface area contributed by atoms with E-state index < -0.39 is 0 Å². The van der Waals surface area contributed by atoms with Crippen LogP contribution in [0.2, 0.25) is 0 Å². The molecule has 0 bridgehead atoms. The number of ether oxygens (including phenoxy) is 3. The number of benzene rings is 1. The van der Waals surface area contributed by atoms with Crippen LogP contribution in [0.4, 0.5) is 0 Å². The zero-order chi connectivity index (χ0) is 12.5. The van der Waals surface area contributed by atoms with Gasteiger partial charge in [0.15, 0.2) is 11.5 Å². The molecule has 2 rings (SSSR count). The fourth-order valence-corrected chi connectivity index (χ4v) is 1.97. The monoisotopic (exact) mass is 274 g/mol. The van der Waals surface area contributed by atoms with Crippen LogP contribution < -0.4 is 25.3 Å². The molecule has 1 aromatic carbocycles. The summed E-state index contributed by atoms with van der Waals surface area (Å²) in [5.74, 6) is 1.87. The van der Waals surface area contributed by atoms with E-state index in [4.69, 9.17) is 19.9 Å². The topological polar surface area (TPSA) is 65.7 Å². The Hall–Kier alpha value is -1.17. The molecule has 0 amide bonds. The van der Waals surface area contributed by atoms with Crippen LogP contribution >= 0.6 is 12.4 Å². The SMILES string of the molecule is COc1cc(C2(N)CNC2)cc(OC)c1OC.Cl. The van der Waals surface area contributed by atoms with Gasteiger partial charge in [0, 0.05) is 13.1 Å². The lowest BCUT2D eigenvalue weighted by molar-refractivity contribution is 0.280. The number of hydrogen-bond donors (Lipinski definition) is 2. The highest BCUT2D eigenvalue weighted by molar-refractivity contribution is 5.85. The standard InChI is InChI=1S/C12H18N2O3.ClH/c1-15-9-4-8(12(13)6-14-7-12)5-10(16-2)11(9)17-3;/h4-5,14H,6-7,13H2,1-3H3;1H. The Morgan fingerprint density at radius 2 is 1.56 bits per heavy atom. The predicted molar refractivity (Wildman–Crippen MR) is 72.1 cm³/mol. The van der Waals surface area contributed by atoms with Gasteiger partial charge in [-0.3, -0.25) is 0 Å². The second-order valence-electron chi connectivity index (χ2n) is 4.17. The quantitative estimate of drug-likeness (QED) is 0.854. The van der Waals surface area contributed by atoms with Crippen molar-refractivity contribution in [3.05, 3.63) is 17.7 Å². The van der Waals surface area contributed by atoms with Gasteiger partial charge >= 0.3 is 0 Å². The summed E-state index contributed by atoms with van der Waals surface area (Å²) < 4.78 is 15.9. The second kappa shape index (κ2) is 5.65. The molecule has 102 valence electrons. The van der Waals surface area contributed by atoms with Crippen LogP contribution in [0.5, 0.6) is 17.2 Å². The Kier molecular flexibility index (Phi) is 4.67. The fourth-order valence-electron chi connectivity index (χ4n) is 1.97. The van der Waals surface area contributed by atoms with Gasteiger partial charge in [-0.1, -0.05) is 0 Å². The lowest BCUT2D eigenvalue weighted by Crippen LogP contribution is -2.62. The predicted octanol–water partition coefficient (Wildman–Crippen LogP) is 0.891. The first-order chi connectivity index (χ1) is 8.14. The van der Waals surface area contributed by atoms with Crippen molar-refractivity contribution >= 4 is 12.4 Å². The zero-order valence-corrected chi connectivity index (χ0v) is 11.6. The van der Waals surface area contributed by atoms with Gasteiger partial charge in [0.1, 0.15) is 0 Å². The van der Waals surface area contributed by atoms with Gasteiger partial charge in [-0.2, -0.15) is 0 Å². The van der Waals surface area contributed by atoms with Crippen LogP contribution in [0.1, 0.15) is 5.56 Å². The van der Waals surface area contributed by atoms with Gasteiger partial charge in [0.2, 0.25) is 5.75 Å². The van der Waals surface area contributed by atoms with Crippen molar-refractivity contribution in [2.75, 3.05) is 34.4 Å². The summed E-state index contributed by atoms with van der Waals surface area (Å²) in [6.45, 7) is 1.51. The first-order valence-electron chi connectivity index (χ1n) is 5.44. The van der Waals surface area contributed by atoms with Crippen molar-refractivity contribution in [1.82, 2.24) is 5.32 Å². The number of methoxy groups -OCH3 is 3. The molecule has 0 aromatic heterocycles. The van der Waals surface area contributed by atoms with Gasteiger partial charge in [0.05, 0.1) is 26.9 Å². The summed E-state index contributed by atoms with van der Waals surface area (Å²) in [4.78, 5) is 0. The molecule has 0 radical (unpaired) electrons. The summed E-state index contributed by atoms with van der Waals surface area (Å²) in [5, 5.41) is 3.17. The number of rotatable bonds is 4. The van der Waals surface area contributed by atoms with E-state index >= 15 is 0 Å². The minimum Gasteiger partial charge on any atom is -0.493 e. The van der Waals surface area contributed by atoms with Crippen LogP contribution in [0.3, 0.4) is 0 Å². The Balaban J connectivity index is 0.00000162. The summed E-state index contributed by atoms with van der Waals surface area (Å²) in [6.07, 6.45) is 0. The van der Waals surface area contributed by atoms with Crippen molar-refractivity contribution in [1.29, 1.82) is 0 Å². The van der Waals surface area contributed by atoms with Gasteiger partial charge in [-0.25, -0.2) is 0 Å². The summed E-state index contributed by atoms with van der Waals surface area (Å²) in [6, 6.07) is 3.81. The van der Waals surface area contributed by atoms with Crippen molar-refractivity contribution in [2.24, 2.45) is 5.73 Å². The average Bonchev–Trinajstić information content (AvgIpc) is 2.33. The fraction of sp³-hybridized carbons (Fsp3) is 0.500. The van der Waals surface area contributed by atoms with Crippen molar-refractivity contribution in [2.45, 2.75) is 5.54 Å². The largest absolute Gasteiger partial charge is 0.493 e. The van der Waals surface area contributed by atoms with Crippen molar-refractivity contribution < 1.29 is 14.2 Å². The van der Waals surface area contributed by atoms with Crippen LogP contribution in [0, 0.1) is 0 Å². The third-order valence-electron chi connectivity index (χ3n) is 3.12. The lowest BCUT2D eigenvalue weighted by Gasteiger charge is -2.39. The van der Waals surface area contributed by atoms with Gasteiger partial charge in [-0.05, 0) is 17.7 Å². The average molecular weight is 275 g/mol. The van der Waals surface area contributed by atoms with E-state index in [1.165, 1.54) is 0 Å². The molecular formula is C12H19ClN2O3. The Labute approximate surface area is 113 Å². The molecule has 1 aliphatic rings. The Bertz CT molecular complexity index is 397. The van der Waals surface area contributed by atoms with E-state index in [1.54, 1.807) is 21.3 Å². The van der Waals surface area contributed by atoms with Gasteiger partial charge in [-0.15, -0.1) is 12.4 Å². The number of nitrogens with two attached hydrogens (primary N) is 1. The van der Waals surface area contributed by atoms with E-state index in [9.17, 15) is 0 Å². The molecule has 0 saturated carbocycles. The molecule has 1 fully saturated rings. The number of hydrogen-bond acceptors (Lipinski definition) is 5. The van der Waals surface area contributed by atoms with Crippen molar-refractivity contribution in [3.63, 3.8) is 0 Å². The molecular weight excluding hydrogens is 256 g/mol. The zero-order valence-electron chi connectivity index (χ0n) is 10.8. The maximum atomic E-state index is 6.25. The Morgan fingerprint density at radius 1 is 1.06 bits per heavy atom. The van der Waals surface area contributed by atoms with E-state index in [-0.39, 0.29) is 17.9 Å². The lowest BCUT2D eigenvalue weighted by atomic mass is 9.85. The molecule has 1 saturated heterocycles. The van der Waals surface area contributed by atoms with Crippen LogP contribution in [-0.4, -0.2) is 34.4 Å². The summed E-state index contributed by atoms with van der Waals surface area (Å²) >= 11 is 0. The van der Waals surface area contributed by atoms with Gasteiger partial charge < -0.3 is 25.3 Å². The number of nitrogens with one attached hydrogen (secondary N) is 1. The molecule has 5 nitrogen and oxygen atoms in total. The van der Waals surface area contributed by atoms with E-state index in [2.05, 4.69) is 5.32 Å². The maximum Gasteiger partial charge on any atom is 0.203 e. The van der Waals surface area contributed by atoms with E-state index in [0.29, 0.717) is 17.2 Å². The van der Waals surface area contributed by atoms with Crippen LogP contribution in [-0.2, 0) is 5.54 Å². The van der Waals surface area contributed by atoms with E-state index in [0.717, 1.165) is 18.7 Å². The molecule has 0 aliphatic carbocycles. The normalized spacial score (nSPS) is 16.2. The molecule has 1 aromatic rings. The first kappa shape index (κ1) is 14.9. The molecule has 6 heteroatoms. The maximum absolute atomic E-state index is 6.25. The summed E-state index contributed by atoms with van der Waals surface area (Å²) in [5.41, 5.74) is 6.90. The van der Waals surface area contributed by atoms with Crippen molar-refractivity contribution in [3.8, 4) is 17.2 Å². The molecule has 1 heterocycles. The van der Waals surface area contributed by atoms with E-state index in [1.807, 2.05) is 12.1 Å². The molecule has 0 unspecified atom stereocenters. The highest BCUT2D eigenvalue weighted by atomic mass is 35.5. The molecule has 0 spiro atoms. The molecule has 18 heavy (non-hydrogen) atoms. The Morgan fingerprint density at radius 3 is 1.83 bits per heavy atom. The third-order valence-corrected chi connectivity index (χ3v) is 3.12. The first-order valence-corrected chi connectivity index (χ1v) is 5.44. The summed E-state index contributed by atoms with van der Waals surface area (Å²) in [7, 11) is 4.79.